The third-order valence-electron chi connectivity index (χ3n) is 5.29. The molecule has 0 radical (unpaired) electrons. The molecule has 3 rings (SSSR count). The molecule has 2 amide bonds. The summed E-state index contributed by atoms with van der Waals surface area (Å²) in [6.45, 7) is 2.83. The minimum Gasteiger partial charge on any atom is -0.493 e. The van der Waals surface area contributed by atoms with Crippen LogP contribution < -0.4 is 29.7 Å². The van der Waals surface area contributed by atoms with E-state index in [9.17, 15) is 9.59 Å². The average Bonchev–Trinajstić information content (AvgIpc) is 2.93. The Morgan fingerprint density at radius 2 is 1.66 bits per heavy atom. The van der Waals surface area contributed by atoms with E-state index in [1.54, 1.807) is 32.4 Å². The van der Waals surface area contributed by atoms with Gasteiger partial charge in [-0.1, -0.05) is 48.0 Å². The number of nitrogens with zero attached hydrogens (tertiary/aromatic N) is 1. The molecule has 0 saturated heterocycles. The second-order valence-corrected chi connectivity index (χ2v) is 8.34. The zero-order valence-electron chi connectivity index (χ0n) is 21.5. The smallest absolute Gasteiger partial charge is 0.329 e. The van der Waals surface area contributed by atoms with Gasteiger partial charge in [-0.3, -0.25) is 9.59 Å². The predicted molar refractivity (Wildman–Crippen MR) is 145 cm³/mol. The van der Waals surface area contributed by atoms with Crippen LogP contribution in [0.1, 0.15) is 23.6 Å². The molecule has 0 aromatic heterocycles. The fourth-order valence-corrected chi connectivity index (χ4v) is 3.72. The average molecular weight is 540 g/mol. The van der Waals surface area contributed by atoms with Gasteiger partial charge in [0, 0.05) is 6.54 Å². The monoisotopic (exact) mass is 539 g/mol. The first-order valence-corrected chi connectivity index (χ1v) is 12.3. The van der Waals surface area contributed by atoms with Crippen LogP contribution in [0.3, 0.4) is 0 Å². The fourth-order valence-electron chi connectivity index (χ4n) is 3.45. The van der Waals surface area contributed by atoms with Crippen molar-refractivity contribution < 1.29 is 28.5 Å². The number of nitrogens with one attached hydrogen (secondary N) is 2. The van der Waals surface area contributed by atoms with Crippen LogP contribution in [0.5, 0.6) is 23.0 Å². The normalized spacial score (nSPS) is 10.6. The molecule has 0 heterocycles. The molecule has 0 spiro atoms. The summed E-state index contributed by atoms with van der Waals surface area (Å²) in [6, 6.07) is 18.5. The van der Waals surface area contributed by atoms with Crippen LogP contribution in [-0.4, -0.2) is 45.4 Å². The first kappa shape index (κ1) is 28.3. The van der Waals surface area contributed by atoms with Crippen molar-refractivity contribution in [2.75, 3.05) is 27.4 Å². The highest BCUT2D eigenvalue weighted by molar-refractivity contribution is 6.35. The van der Waals surface area contributed by atoms with Gasteiger partial charge in [0.2, 0.25) is 0 Å². The van der Waals surface area contributed by atoms with E-state index in [2.05, 4.69) is 15.8 Å². The highest BCUT2D eigenvalue weighted by atomic mass is 35.5. The quantitative estimate of drug-likeness (QED) is 0.203. The van der Waals surface area contributed by atoms with Gasteiger partial charge in [-0.05, 0) is 54.3 Å². The summed E-state index contributed by atoms with van der Waals surface area (Å²) < 4.78 is 22.1. The Balaban J connectivity index is 1.53. The van der Waals surface area contributed by atoms with E-state index in [0.29, 0.717) is 53.2 Å². The summed E-state index contributed by atoms with van der Waals surface area (Å²) in [5.41, 5.74) is 4.67. The van der Waals surface area contributed by atoms with E-state index in [0.717, 1.165) is 11.1 Å². The summed E-state index contributed by atoms with van der Waals surface area (Å²) in [5.74, 6) is 0.352. The van der Waals surface area contributed by atoms with Crippen molar-refractivity contribution in [1.29, 1.82) is 0 Å². The van der Waals surface area contributed by atoms with Crippen LogP contribution in [0.2, 0.25) is 5.02 Å². The Bertz CT molecular complexity index is 1270. The van der Waals surface area contributed by atoms with Gasteiger partial charge in [0.1, 0.15) is 6.61 Å². The van der Waals surface area contributed by atoms with Crippen molar-refractivity contribution in [3.63, 3.8) is 0 Å². The molecule has 0 unspecified atom stereocenters. The van der Waals surface area contributed by atoms with Crippen LogP contribution in [0, 0.1) is 0 Å². The molecular weight excluding hydrogens is 510 g/mol. The van der Waals surface area contributed by atoms with Gasteiger partial charge in [0.15, 0.2) is 23.0 Å². The minimum absolute atomic E-state index is 0.253. The highest BCUT2D eigenvalue weighted by Crippen LogP contribution is 2.37. The molecule has 0 aliphatic carbocycles. The summed E-state index contributed by atoms with van der Waals surface area (Å²) >= 11 is 6.44. The lowest BCUT2D eigenvalue weighted by molar-refractivity contribution is -0.139. The molecule has 10 heteroatoms. The number of hydrazone groups is 1. The minimum atomic E-state index is -0.896. The Morgan fingerprint density at radius 3 is 2.37 bits per heavy atom. The Morgan fingerprint density at radius 1 is 0.895 bits per heavy atom. The number of carbonyl (C=O) groups is 2. The van der Waals surface area contributed by atoms with Gasteiger partial charge >= 0.3 is 11.8 Å². The second kappa shape index (κ2) is 14.5. The van der Waals surface area contributed by atoms with Gasteiger partial charge in [0.05, 0.1) is 32.1 Å². The maximum absolute atomic E-state index is 12.1. The van der Waals surface area contributed by atoms with Crippen LogP contribution in [0.15, 0.2) is 65.8 Å². The molecule has 0 aliphatic heterocycles. The molecule has 38 heavy (non-hydrogen) atoms. The van der Waals surface area contributed by atoms with Crippen molar-refractivity contribution in [1.82, 2.24) is 10.7 Å². The first-order chi connectivity index (χ1) is 18.4. The zero-order chi connectivity index (χ0) is 27.3. The molecule has 3 aromatic carbocycles. The standard InChI is InChI=1S/C28H30ClN3O6/c1-4-37-25-16-21(14-22(29)26(25)38-18-20-8-6-5-7-9-20)17-31-32-28(34)27(33)30-13-12-19-10-11-23(35-2)24(15-19)36-3/h5-11,14-17H,4,12-13,18H2,1-3H3,(H,30,33)(H,32,34)/b31-17-. The van der Waals surface area contributed by atoms with Gasteiger partial charge in [-0.15, -0.1) is 0 Å². The maximum Gasteiger partial charge on any atom is 0.329 e. The van der Waals surface area contributed by atoms with Crippen molar-refractivity contribution in [2.45, 2.75) is 20.0 Å². The van der Waals surface area contributed by atoms with E-state index >= 15 is 0 Å². The summed E-state index contributed by atoms with van der Waals surface area (Å²) in [6.07, 6.45) is 1.87. The van der Waals surface area contributed by atoms with Gasteiger partial charge in [-0.2, -0.15) is 5.10 Å². The largest absolute Gasteiger partial charge is 0.493 e. The van der Waals surface area contributed by atoms with Crippen LogP contribution in [-0.2, 0) is 22.6 Å². The molecule has 3 aromatic rings. The van der Waals surface area contributed by atoms with E-state index in [-0.39, 0.29) is 6.54 Å². The van der Waals surface area contributed by atoms with E-state index in [1.165, 1.54) is 6.21 Å². The Hall–Kier alpha value is -4.24. The van der Waals surface area contributed by atoms with E-state index in [1.807, 2.05) is 49.4 Å². The summed E-state index contributed by atoms with van der Waals surface area (Å²) in [4.78, 5) is 24.3. The number of hydrogen-bond acceptors (Lipinski definition) is 7. The SMILES string of the molecule is CCOc1cc(/C=N\NC(=O)C(=O)NCCc2ccc(OC)c(OC)c2)cc(Cl)c1OCc1ccccc1. The van der Waals surface area contributed by atoms with Gasteiger partial charge in [0.25, 0.3) is 0 Å². The van der Waals surface area contributed by atoms with Crippen LogP contribution in [0.25, 0.3) is 0 Å². The number of rotatable bonds is 12. The number of benzene rings is 3. The van der Waals surface area contributed by atoms with Crippen molar-refractivity contribution in [2.24, 2.45) is 5.10 Å². The van der Waals surface area contributed by atoms with Crippen LogP contribution >= 0.6 is 11.6 Å². The van der Waals surface area contributed by atoms with E-state index in [4.69, 9.17) is 30.5 Å². The molecule has 0 aliphatic rings. The van der Waals surface area contributed by atoms with E-state index < -0.39 is 11.8 Å². The summed E-state index contributed by atoms with van der Waals surface area (Å²) in [7, 11) is 3.11. The second-order valence-electron chi connectivity index (χ2n) is 7.93. The molecule has 200 valence electrons. The number of halogens is 1. The molecular formula is C28H30ClN3O6. The third-order valence-corrected chi connectivity index (χ3v) is 5.57. The summed E-state index contributed by atoms with van der Waals surface area (Å²) in [5, 5.41) is 6.75. The molecule has 0 saturated carbocycles. The molecule has 9 nitrogen and oxygen atoms in total. The van der Waals surface area contributed by atoms with Crippen molar-refractivity contribution in [3.8, 4) is 23.0 Å². The number of amides is 2. The van der Waals surface area contributed by atoms with Gasteiger partial charge in [-0.25, -0.2) is 5.43 Å². The van der Waals surface area contributed by atoms with Crippen molar-refractivity contribution in [3.05, 3.63) is 82.4 Å². The number of methoxy groups -OCH3 is 2. The lowest BCUT2D eigenvalue weighted by Gasteiger charge is -2.14. The molecule has 0 fully saturated rings. The van der Waals surface area contributed by atoms with Crippen molar-refractivity contribution >= 4 is 29.6 Å². The molecule has 0 atom stereocenters. The number of ether oxygens (including phenoxy) is 4. The molecule has 2 N–H and O–H groups in total. The maximum atomic E-state index is 12.1. The Labute approximate surface area is 226 Å². The first-order valence-electron chi connectivity index (χ1n) is 11.9. The number of carbonyl (C=O) groups excluding carboxylic acids is 2. The lowest BCUT2D eigenvalue weighted by atomic mass is 10.1. The lowest BCUT2D eigenvalue weighted by Crippen LogP contribution is -2.38. The highest BCUT2D eigenvalue weighted by Gasteiger charge is 2.14. The third kappa shape index (κ3) is 8.14. The van der Waals surface area contributed by atoms with Gasteiger partial charge < -0.3 is 24.3 Å². The predicted octanol–water partition coefficient (Wildman–Crippen LogP) is 4.14. The Kier molecular flexibility index (Phi) is 10.8. The molecule has 0 bridgehead atoms. The fraction of sp³-hybridized carbons (Fsp3) is 0.250. The zero-order valence-corrected chi connectivity index (χ0v) is 22.2. The number of hydrogen-bond donors (Lipinski definition) is 2. The topological polar surface area (TPSA) is 107 Å². The van der Waals surface area contributed by atoms with Crippen LogP contribution in [0.4, 0.5) is 0 Å².